The van der Waals surface area contributed by atoms with E-state index in [0.29, 0.717) is 5.92 Å². The Morgan fingerprint density at radius 3 is 3.05 bits per heavy atom. The lowest BCUT2D eigenvalue weighted by Crippen LogP contribution is -2.37. The second-order valence-electron chi connectivity index (χ2n) is 5.36. The normalized spacial score (nSPS) is 24.4. The van der Waals surface area contributed by atoms with Crippen LogP contribution in [0.4, 0.5) is 8.78 Å². The van der Waals surface area contributed by atoms with E-state index in [2.05, 4.69) is 4.98 Å². The van der Waals surface area contributed by atoms with Crippen molar-refractivity contribution in [2.45, 2.75) is 19.3 Å². The second-order valence-corrected chi connectivity index (χ2v) is 5.36. The summed E-state index contributed by atoms with van der Waals surface area (Å²) in [7, 11) is 0. The summed E-state index contributed by atoms with van der Waals surface area (Å²) in [6.45, 7) is 0.829. The lowest BCUT2D eigenvalue weighted by molar-refractivity contribution is 0.0702. The van der Waals surface area contributed by atoms with Crippen LogP contribution in [-0.2, 0) is 0 Å². The van der Waals surface area contributed by atoms with Gasteiger partial charge in [0, 0.05) is 19.2 Å². The van der Waals surface area contributed by atoms with E-state index >= 15 is 0 Å². The SMILES string of the molecule is O=C(c1cccc(OCC(F)F)n1)N1CCC2CC2C1. The minimum atomic E-state index is -2.55. The molecular weight excluding hydrogens is 266 g/mol. The van der Waals surface area contributed by atoms with Crippen molar-refractivity contribution in [3.8, 4) is 5.88 Å². The average Bonchev–Trinajstić information content (AvgIpc) is 3.23. The van der Waals surface area contributed by atoms with Crippen LogP contribution in [0, 0.1) is 11.8 Å². The number of ether oxygens (including phenoxy) is 1. The van der Waals surface area contributed by atoms with Gasteiger partial charge in [0.15, 0.2) is 6.61 Å². The third-order valence-corrected chi connectivity index (χ3v) is 3.88. The van der Waals surface area contributed by atoms with Gasteiger partial charge in [-0.15, -0.1) is 0 Å². The van der Waals surface area contributed by atoms with Gasteiger partial charge in [0.25, 0.3) is 12.3 Å². The number of hydrogen-bond donors (Lipinski definition) is 0. The first-order valence-corrected chi connectivity index (χ1v) is 6.81. The number of nitrogens with zero attached hydrogens (tertiary/aromatic N) is 2. The van der Waals surface area contributed by atoms with E-state index in [1.807, 2.05) is 0 Å². The molecule has 1 saturated heterocycles. The van der Waals surface area contributed by atoms with Crippen LogP contribution in [-0.4, -0.2) is 41.9 Å². The van der Waals surface area contributed by atoms with Crippen molar-refractivity contribution in [1.29, 1.82) is 0 Å². The van der Waals surface area contributed by atoms with Crippen LogP contribution in [0.25, 0.3) is 0 Å². The van der Waals surface area contributed by atoms with Crippen LogP contribution in [0.15, 0.2) is 18.2 Å². The van der Waals surface area contributed by atoms with Gasteiger partial charge in [-0.05, 0) is 30.7 Å². The highest BCUT2D eigenvalue weighted by atomic mass is 19.3. The second kappa shape index (κ2) is 5.34. The maximum Gasteiger partial charge on any atom is 0.272 e. The summed E-state index contributed by atoms with van der Waals surface area (Å²) < 4.78 is 29.0. The van der Waals surface area contributed by atoms with Crippen LogP contribution in [0.3, 0.4) is 0 Å². The molecule has 108 valence electrons. The van der Waals surface area contributed by atoms with Crippen molar-refractivity contribution < 1.29 is 18.3 Å². The number of halogens is 2. The van der Waals surface area contributed by atoms with Gasteiger partial charge in [0.05, 0.1) is 0 Å². The highest BCUT2D eigenvalue weighted by molar-refractivity contribution is 5.92. The molecule has 2 fully saturated rings. The van der Waals surface area contributed by atoms with Crippen molar-refractivity contribution in [3.63, 3.8) is 0 Å². The molecule has 3 rings (SSSR count). The first-order chi connectivity index (χ1) is 9.63. The van der Waals surface area contributed by atoms with E-state index in [1.165, 1.54) is 12.5 Å². The quantitative estimate of drug-likeness (QED) is 0.850. The highest BCUT2D eigenvalue weighted by Crippen LogP contribution is 2.44. The fourth-order valence-electron chi connectivity index (χ4n) is 2.69. The molecule has 2 unspecified atom stereocenters. The molecule has 0 bridgehead atoms. The summed E-state index contributed by atoms with van der Waals surface area (Å²) in [6.07, 6.45) is -0.280. The fraction of sp³-hybridized carbons (Fsp3) is 0.571. The van der Waals surface area contributed by atoms with E-state index in [9.17, 15) is 13.6 Å². The molecule has 1 aromatic heterocycles. The van der Waals surface area contributed by atoms with E-state index < -0.39 is 13.0 Å². The molecule has 1 aliphatic heterocycles. The number of alkyl halides is 2. The molecule has 4 nitrogen and oxygen atoms in total. The number of likely N-dealkylation sites (tertiary alicyclic amines) is 1. The highest BCUT2D eigenvalue weighted by Gasteiger charge is 2.42. The van der Waals surface area contributed by atoms with Crippen molar-refractivity contribution >= 4 is 5.91 Å². The summed E-state index contributed by atoms with van der Waals surface area (Å²) in [5, 5.41) is 0. The van der Waals surface area contributed by atoms with Gasteiger partial charge in [-0.25, -0.2) is 13.8 Å². The molecule has 1 aliphatic carbocycles. The molecule has 1 aromatic rings. The molecule has 0 N–H and O–H groups in total. The number of carbonyl (C=O) groups excluding carboxylic acids is 1. The van der Waals surface area contributed by atoms with E-state index in [1.54, 1.807) is 17.0 Å². The number of piperidine rings is 1. The van der Waals surface area contributed by atoms with Crippen molar-refractivity contribution in [2.75, 3.05) is 19.7 Å². The number of hydrogen-bond acceptors (Lipinski definition) is 3. The Hall–Kier alpha value is -1.72. The zero-order valence-corrected chi connectivity index (χ0v) is 11.0. The van der Waals surface area contributed by atoms with Gasteiger partial charge >= 0.3 is 0 Å². The number of carbonyl (C=O) groups is 1. The van der Waals surface area contributed by atoms with E-state index in [0.717, 1.165) is 25.4 Å². The molecule has 0 radical (unpaired) electrons. The van der Waals surface area contributed by atoms with Gasteiger partial charge in [-0.3, -0.25) is 4.79 Å². The molecule has 0 aromatic carbocycles. The van der Waals surface area contributed by atoms with Crippen LogP contribution in [0.2, 0.25) is 0 Å². The number of rotatable bonds is 4. The first kappa shape index (κ1) is 13.3. The molecule has 2 aliphatic rings. The monoisotopic (exact) mass is 282 g/mol. The minimum absolute atomic E-state index is 0.0671. The number of amides is 1. The lowest BCUT2D eigenvalue weighted by Gasteiger charge is -2.26. The van der Waals surface area contributed by atoms with Gasteiger partial charge < -0.3 is 9.64 Å². The number of aromatic nitrogens is 1. The molecule has 20 heavy (non-hydrogen) atoms. The van der Waals surface area contributed by atoms with Crippen LogP contribution >= 0.6 is 0 Å². The standard InChI is InChI=1S/C14H16F2N2O2/c15-12(16)8-20-13-3-1-2-11(17-13)14(19)18-5-4-9-6-10(9)7-18/h1-3,9-10,12H,4-8H2. The Labute approximate surface area is 115 Å². The van der Waals surface area contributed by atoms with Crippen molar-refractivity contribution in [3.05, 3.63) is 23.9 Å². The van der Waals surface area contributed by atoms with E-state index in [4.69, 9.17) is 4.74 Å². The van der Waals surface area contributed by atoms with Crippen LogP contribution < -0.4 is 4.74 Å². The predicted molar refractivity (Wildman–Crippen MR) is 67.9 cm³/mol. The fourth-order valence-corrected chi connectivity index (χ4v) is 2.69. The zero-order valence-electron chi connectivity index (χ0n) is 11.0. The first-order valence-electron chi connectivity index (χ1n) is 6.81. The summed E-state index contributed by atoms with van der Waals surface area (Å²) in [5.74, 6) is 1.37. The van der Waals surface area contributed by atoms with Crippen LogP contribution in [0.1, 0.15) is 23.3 Å². The van der Waals surface area contributed by atoms with E-state index in [-0.39, 0.29) is 17.5 Å². The van der Waals surface area contributed by atoms with Crippen molar-refractivity contribution in [1.82, 2.24) is 9.88 Å². The molecule has 6 heteroatoms. The average molecular weight is 282 g/mol. The summed E-state index contributed by atoms with van der Waals surface area (Å²) in [5.41, 5.74) is 0.260. The van der Waals surface area contributed by atoms with Gasteiger partial charge in [-0.1, -0.05) is 6.07 Å². The Morgan fingerprint density at radius 1 is 1.45 bits per heavy atom. The maximum atomic E-state index is 12.3. The third-order valence-electron chi connectivity index (χ3n) is 3.88. The minimum Gasteiger partial charge on any atom is -0.472 e. The molecule has 0 spiro atoms. The molecular formula is C14H16F2N2O2. The summed E-state index contributed by atoms with van der Waals surface area (Å²) >= 11 is 0. The largest absolute Gasteiger partial charge is 0.472 e. The Kier molecular flexibility index (Phi) is 3.54. The Balaban J connectivity index is 1.66. The lowest BCUT2D eigenvalue weighted by atomic mass is 10.1. The molecule has 1 amide bonds. The smallest absolute Gasteiger partial charge is 0.272 e. The summed E-state index contributed by atoms with van der Waals surface area (Å²) in [4.78, 5) is 18.1. The number of pyridine rings is 1. The third kappa shape index (κ3) is 2.89. The molecule has 2 atom stereocenters. The predicted octanol–water partition coefficient (Wildman–Crippen LogP) is 2.21. The molecule has 2 heterocycles. The van der Waals surface area contributed by atoms with Crippen LogP contribution in [0.5, 0.6) is 5.88 Å². The molecule has 1 saturated carbocycles. The van der Waals surface area contributed by atoms with Gasteiger partial charge in [0.2, 0.25) is 5.88 Å². The maximum absolute atomic E-state index is 12.3. The Bertz CT molecular complexity index is 510. The topological polar surface area (TPSA) is 42.4 Å². The van der Waals surface area contributed by atoms with Crippen molar-refractivity contribution in [2.24, 2.45) is 11.8 Å². The van der Waals surface area contributed by atoms with Gasteiger partial charge in [0.1, 0.15) is 5.69 Å². The summed E-state index contributed by atoms with van der Waals surface area (Å²) in [6, 6.07) is 4.67. The Morgan fingerprint density at radius 2 is 2.30 bits per heavy atom. The zero-order chi connectivity index (χ0) is 14.1. The van der Waals surface area contributed by atoms with Gasteiger partial charge in [-0.2, -0.15) is 0 Å². The number of fused-ring (bicyclic) bond motifs is 1.